The van der Waals surface area contributed by atoms with Gasteiger partial charge in [-0.25, -0.2) is 0 Å². The molecule has 0 aromatic heterocycles. The summed E-state index contributed by atoms with van der Waals surface area (Å²) >= 11 is 6.00. The van der Waals surface area contributed by atoms with Crippen molar-refractivity contribution in [2.45, 2.75) is 118 Å². The van der Waals surface area contributed by atoms with Crippen molar-refractivity contribution >= 4 is 48.2 Å². The fraction of sp³-hybridized carbons (Fsp3) is 0.926. The Morgan fingerprint density at radius 3 is 1.71 bits per heavy atom. The molecule has 2 aliphatic rings. The van der Waals surface area contributed by atoms with Crippen molar-refractivity contribution in [3.8, 4) is 0 Å². The third kappa shape index (κ3) is 14.0. The zero-order valence-electron chi connectivity index (χ0n) is 23.5. The van der Waals surface area contributed by atoms with E-state index in [-0.39, 0.29) is 0 Å². The Labute approximate surface area is 238 Å². The van der Waals surface area contributed by atoms with Crippen LogP contribution in [0.25, 0.3) is 0 Å². The van der Waals surface area contributed by atoms with E-state index in [1.165, 1.54) is 60.8 Å². The van der Waals surface area contributed by atoms with Gasteiger partial charge in [-0.1, -0.05) is 40.5 Å². The number of hydrogen-bond donors (Lipinski definition) is 0. The summed E-state index contributed by atoms with van der Waals surface area (Å²) in [5, 5.41) is 0. The van der Waals surface area contributed by atoms with Crippen molar-refractivity contribution in [2.24, 2.45) is 33.7 Å². The van der Waals surface area contributed by atoms with E-state index in [9.17, 15) is 0 Å². The Bertz CT molecular complexity index is 625. The molecule has 0 radical (unpaired) electrons. The summed E-state index contributed by atoms with van der Waals surface area (Å²) in [6, 6.07) is 0.890. The molecule has 0 aromatic rings. The number of ether oxygens (including phenoxy) is 1. The van der Waals surface area contributed by atoms with Gasteiger partial charge in [0.05, 0.1) is 36.7 Å². The maximum absolute atomic E-state index is 5.89. The second kappa shape index (κ2) is 18.3. The zero-order chi connectivity index (χ0) is 26.4. The molecular weight excluding hydrogens is 631 g/mol. The first-order chi connectivity index (χ1) is 16.5. The molecule has 0 bridgehead atoms. The van der Waals surface area contributed by atoms with Crippen LogP contribution in [0.3, 0.4) is 0 Å². The number of hydrogen-bond acceptors (Lipinski definition) is 4. The van der Waals surface area contributed by atoms with Gasteiger partial charge in [0.25, 0.3) is 0 Å². The summed E-state index contributed by atoms with van der Waals surface area (Å²) in [7, 11) is -0.195. The summed E-state index contributed by atoms with van der Waals surface area (Å²) in [6.45, 7) is 20.6. The Morgan fingerprint density at radius 2 is 1.26 bits per heavy atom. The van der Waals surface area contributed by atoms with Gasteiger partial charge >= 0.3 is 39.3 Å². The number of nitrogens with zero attached hydrogens (tertiary/aromatic N) is 2. The van der Waals surface area contributed by atoms with E-state index in [1.807, 2.05) is 0 Å². The van der Waals surface area contributed by atoms with Gasteiger partial charge in [0.15, 0.2) is 8.32 Å². The number of rotatable bonds is 11. The summed E-state index contributed by atoms with van der Waals surface area (Å²) in [4.78, 5) is 10.7. The predicted octanol–water partition coefficient (Wildman–Crippen LogP) is 8.87. The summed E-state index contributed by atoms with van der Waals surface area (Å²) in [5.74, 6) is 2.70. The van der Waals surface area contributed by atoms with Crippen LogP contribution in [-0.4, -0.2) is 51.6 Å². The van der Waals surface area contributed by atoms with E-state index in [0.717, 1.165) is 19.4 Å². The van der Waals surface area contributed by atoms with Crippen LogP contribution < -0.4 is 0 Å². The van der Waals surface area contributed by atoms with Crippen molar-refractivity contribution in [1.29, 1.82) is 0 Å². The molecule has 4 unspecified atom stereocenters. The van der Waals surface area contributed by atoms with Gasteiger partial charge in [-0.3, -0.25) is 9.98 Å². The Kier molecular flexibility index (Phi) is 17.7. The van der Waals surface area contributed by atoms with Gasteiger partial charge in [-0.2, -0.15) is 0 Å². The number of halogens is 2. The second-order valence-corrected chi connectivity index (χ2v) is 21.3. The van der Waals surface area contributed by atoms with Crippen LogP contribution in [0.5, 0.6) is 0 Å². The third-order valence-corrected chi connectivity index (χ3v) is 8.57. The molecular formula is C27H52Br2N2NiO2Si. The summed E-state index contributed by atoms with van der Waals surface area (Å²) in [5.41, 5.74) is 2.42. The molecule has 0 aromatic carbocycles. The van der Waals surface area contributed by atoms with Crippen molar-refractivity contribution in [2.75, 3.05) is 19.8 Å². The molecule has 0 spiro atoms. The van der Waals surface area contributed by atoms with Crippen LogP contribution in [0, 0.1) is 23.7 Å². The van der Waals surface area contributed by atoms with Crippen LogP contribution in [0.15, 0.2) is 9.98 Å². The summed E-state index contributed by atoms with van der Waals surface area (Å²) < 4.78 is 11.8. The first kappa shape index (κ1) is 34.0. The van der Waals surface area contributed by atoms with E-state index in [1.54, 1.807) is 0 Å². The quantitative estimate of drug-likeness (QED) is 0.124. The van der Waals surface area contributed by atoms with Crippen molar-refractivity contribution in [1.82, 2.24) is 0 Å². The maximum atomic E-state index is 5.89. The van der Waals surface area contributed by atoms with E-state index >= 15 is 0 Å². The molecule has 0 amide bonds. The van der Waals surface area contributed by atoms with Crippen LogP contribution in [0.2, 0.25) is 19.6 Å². The molecule has 0 aliphatic heterocycles. The molecule has 8 heteroatoms. The molecule has 2 fully saturated rings. The molecule has 0 N–H and O–H groups in total. The van der Waals surface area contributed by atoms with Crippen LogP contribution in [0.4, 0.5) is 0 Å². The van der Waals surface area contributed by atoms with Crippen molar-refractivity contribution < 1.29 is 20.1 Å². The molecule has 0 saturated heterocycles. The van der Waals surface area contributed by atoms with Crippen LogP contribution >= 0.6 is 28.5 Å². The first-order valence-electron chi connectivity index (χ1n) is 13.7. The van der Waals surface area contributed by atoms with E-state index in [0.29, 0.717) is 49.0 Å². The SMILES string of the molecule is CC(=NC1C(C)CCCC1C)C(CCCOCCO[Si](C)(C)C)=NC1C(C)CCCC1C.[Br][Ni][Br]. The Morgan fingerprint density at radius 1 is 0.800 bits per heavy atom. The van der Waals surface area contributed by atoms with E-state index in [4.69, 9.17) is 19.1 Å². The third-order valence-electron chi connectivity index (χ3n) is 7.50. The standard InChI is InChI=1S/C27H52N2O2Si.2BrH.Ni/c1-20-12-9-13-21(2)26(20)28-24(5)25(29-27-22(3)14-10-15-23(27)4)16-11-17-30-18-19-31-32(6,7)8;;;/h20-23,26-27H,9-19H2,1-8H3;2*1H;/q;;;+2/p-2. The topological polar surface area (TPSA) is 43.2 Å². The Balaban J connectivity index is 0.00000194. The predicted molar refractivity (Wildman–Crippen MR) is 160 cm³/mol. The molecule has 2 rings (SSSR count). The monoisotopic (exact) mass is 680 g/mol. The van der Waals surface area contributed by atoms with Gasteiger partial charge in [0, 0.05) is 6.61 Å². The molecule has 2 saturated carbocycles. The van der Waals surface area contributed by atoms with Gasteiger partial charge in [0.2, 0.25) is 0 Å². The fourth-order valence-corrected chi connectivity index (χ4v) is 6.20. The minimum absolute atomic E-state index is 0.441. The molecule has 0 heterocycles. The molecule has 35 heavy (non-hydrogen) atoms. The first-order valence-corrected chi connectivity index (χ1v) is 21.9. The summed E-state index contributed by atoms with van der Waals surface area (Å²) in [6.07, 6.45) is 9.90. The van der Waals surface area contributed by atoms with E-state index in [2.05, 4.69) is 82.7 Å². The molecule has 4 atom stereocenters. The molecule has 2 aliphatic carbocycles. The van der Waals surface area contributed by atoms with E-state index < -0.39 is 8.32 Å². The van der Waals surface area contributed by atoms with Gasteiger partial charge < -0.3 is 9.16 Å². The minimum atomic E-state index is -1.44. The van der Waals surface area contributed by atoms with Crippen molar-refractivity contribution in [3.63, 3.8) is 0 Å². The van der Waals surface area contributed by atoms with Crippen molar-refractivity contribution in [3.05, 3.63) is 0 Å². The Hall–Kier alpha value is 0.930. The normalized spacial score (nSPS) is 30.7. The second-order valence-electron chi connectivity index (χ2n) is 11.8. The van der Waals surface area contributed by atoms with Gasteiger partial charge in [-0.05, 0) is 88.8 Å². The average Bonchev–Trinajstić information content (AvgIpc) is 2.76. The van der Waals surface area contributed by atoms with Gasteiger partial charge in [0.1, 0.15) is 0 Å². The molecule has 210 valence electrons. The number of aliphatic imine (C=N–C) groups is 2. The van der Waals surface area contributed by atoms with Crippen LogP contribution in [0.1, 0.15) is 86.0 Å². The fourth-order valence-electron chi connectivity index (χ4n) is 5.50. The molecule has 4 nitrogen and oxygen atoms in total. The van der Waals surface area contributed by atoms with Gasteiger partial charge in [-0.15, -0.1) is 0 Å². The average molecular weight is 683 g/mol. The zero-order valence-corrected chi connectivity index (χ0v) is 28.7. The van der Waals surface area contributed by atoms with Crippen LogP contribution in [-0.2, 0) is 20.1 Å².